The lowest BCUT2D eigenvalue weighted by Crippen LogP contribution is -2.37. The van der Waals surface area contributed by atoms with Crippen LogP contribution in [-0.2, 0) is 26.1 Å². The van der Waals surface area contributed by atoms with Gasteiger partial charge in [-0.3, -0.25) is 4.99 Å². The van der Waals surface area contributed by atoms with Crippen molar-refractivity contribution in [1.82, 2.24) is 20.2 Å². The summed E-state index contributed by atoms with van der Waals surface area (Å²) in [6, 6.07) is 14.6. The Labute approximate surface area is 212 Å². The van der Waals surface area contributed by atoms with Crippen LogP contribution in [0.3, 0.4) is 0 Å². The molecule has 0 spiro atoms. The van der Waals surface area contributed by atoms with Gasteiger partial charge in [0.05, 0.1) is 13.2 Å². The summed E-state index contributed by atoms with van der Waals surface area (Å²) >= 11 is 0. The number of imidazole rings is 1. The van der Waals surface area contributed by atoms with E-state index in [1.807, 2.05) is 25.4 Å². The lowest BCUT2D eigenvalue weighted by Gasteiger charge is -2.16. The van der Waals surface area contributed by atoms with Crippen LogP contribution >= 0.6 is 24.0 Å². The molecular formula is C25H32IN5O2. The van der Waals surface area contributed by atoms with E-state index in [2.05, 4.69) is 68.5 Å². The van der Waals surface area contributed by atoms with Crippen molar-refractivity contribution in [2.24, 2.45) is 4.99 Å². The van der Waals surface area contributed by atoms with Crippen molar-refractivity contribution in [3.05, 3.63) is 77.4 Å². The van der Waals surface area contributed by atoms with Gasteiger partial charge >= 0.3 is 0 Å². The number of halogens is 1. The maximum absolute atomic E-state index is 5.93. The molecule has 0 bridgehead atoms. The highest BCUT2D eigenvalue weighted by atomic mass is 127. The molecule has 7 nitrogen and oxygen atoms in total. The number of rotatable bonds is 8. The Kier molecular flexibility index (Phi) is 8.99. The molecule has 1 aliphatic heterocycles. The number of aromatic nitrogens is 2. The summed E-state index contributed by atoms with van der Waals surface area (Å²) in [4.78, 5) is 8.86. The van der Waals surface area contributed by atoms with Crippen LogP contribution in [0.4, 0.5) is 0 Å². The zero-order valence-electron chi connectivity index (χ0n) is 19.4. The van der Waals surface area contributed by atoms with Crippen molar-refractivity contribution >= 4 is 29.9 Å². The van der Waals surface area contributed by atoms with Crippen molar-refractivity contribution in [1.29, 1.82) is 0 Å². The number of aliphatic imine (C=N–C) groups is 1. The maximum Gasteiger partial charge on any atom is 0.191 e. The van der Waals surface area contributed by atoms with E-state index in [-0.39, 0.29) is 30.1 Å². The van der Waals surface area contributed by atoms with Crippen LogP contribution in [0.25, 0.3) is 0 Å². The Balaban J connectivity index is 0.00000306. The first kappa shape index (κ1) is 24.9. The number of ether oxygens (including phenoxy) is 2. The summed E-state index contributed by atoms with van der Waals surface area (Å²) in [5.41, 5.74) is 3.50. The van der Waals surface area contributed by atoms with E-state index in [9.17, 15) is 0 Å². The van der Waals surface area contributed by atoms with Gasteiger partial charge in [-0.15, -0.1) is 24.0 Å². The normalized spacial score (nSPS) is 14.8. The SMILES string of the molecule is CCOc1cc2c(cc1CNC(=NC)NCc1nccn1Cc1ccccc1)OC(C)C2.I. The van der Waals surface area contributed by atoms with Gasteiger partial charge in [0.15, 0.2) is 5.96 Å². The van der Waals surface area contributed by atoms with Crippen molar-refractivity contribution in [3.8, 4) is 11.5 Å². The van der Waals surface area contributed by atoms with E-state index in [1.54, 1.807) is 7.05 Å². The number of nitrogens with zero attached hydrogens (tertiary/aromatic N) is 3. The summed E-state index contributed by atoms with van der Waals surface area (Å²) in [6.45, 7) is 6.66. The Morgan fingerprint density at radius 1 is 1.21 bits per heavy atom. The smallest absolute Gasteiger partial charge is 0.191 e. The first-order valence-electron chi connectivity index (χ1n) is 11.1. The Morgan fingerprint density at radius 3 is 2.76 bits per heavy atom. The fraction of sp³-hybridized carbons (Fsp3) is 0.360. The third-order valence-corrected chi connectivity index (χ3v) is 5.46. The summed E-state index contributed by atoms with van der Waals surface area (Å²) in [5, 5.41) is 6.75. The number of hydrogen-bond acceptors (Lipinski definition) is 4. The van der Waals surface area contributed by atoms with Crippen LogP contribution in [-0.4, -0.2) is 35.3 Å². The van der Waals surface area contributed by atoms with Crippen LogP contribution in [0.15, 0.2) is 59.9 Å². The Hall–Kier alpha value is -2.75. The van der Waals surface area contributed by atoms with E-state index < -0.39 is 0 Å². The van der Waals surface area contributed by atoms with Crippen LogP contribution < -0.4 is 20.1 Å². The minimum absolute atomic E-state index is 0. The first-order valence-corrected chi connectivity index (χ1v) is 11.1. The summed E-state index contributed by atoms with van der Waals surface area (Å²) in [5.74, 6) is 3.50. The molecule has 3 aromatic rings. The minimum atomic E-state index is 0. The predicted octanol–water partition coefficient (Wildman–Crippen LogP) is 4.14. The molecule has 0 saturated heterocycles. The third-order valence-electron chi connectivity index (χ3n) is 5.46. The molecule has 1 aromatic heterocycles. The van der Waals surface area contributed by atoms with Crippen LogP contribution in [0.1, 0.15) is 36.4 Å². The molecule has 0 fully saturated rings. The van der Waals surface area contributed by atoms with Gasteiger partial charge in [-0.2, -0.15) is 0 Å². The van der Waals surface area contributed by atoms with E-state index in [1.165, 1.54) is 11.1 Å². The predicted molar refractivity (Wildman–Crippen MR) is 142 cm³/mol. The molecule has 4 rings (SSSR count). The minimum Gasteiger partial charge on any atom is -0.494 e. The highest BCUT2D eigenvalue weighted by Crippen LogP contribution is 2.35. The quantitative estimate of drug-likeness (QED) is 0.246. The Morgan fingerprint density at radius 2 is 2.00 bits per heavy atom. The summed E-state index contributed by atoms with van der Waals surface area (Å²) < 4.78 is 14.0. The molecule has 0 amide bonds. The fourth-order valence-electron chi connectivity index (χ4n) is 3.90. The molecule has 2 N–H and O–H groups in total. The second-order valence-electron chi connectivity index (χ2n) is 7.87. The molecule has 1 aliphatic rings. The molecule has 0 radical (unpaired) electrons. The standard InChI is InChI=1S/C25H31N5O2.HI/c1-4-31-22-13-20-12-18(2)32-23(20)14-21(22)15-28-25(26-3)29-16-24-27-10-11-30(24)17-19-8-6-5-7-9-19;/h5-11,13-14,18H,4,12,15-17H2,1-3H3,(H2,26,28,29);1H. The number of nitrogens with one attached hydrogen (secondary N) is 2. The second kappa shape index (κ2) is 11.9. The first-order chi connectivity index (χ1) is 15.7. The molecule has 0 aliphatic carbocycles. The lowest BCUT2D eigenvalue weighted by molar-refractivity contribution is 0.254. The second-order valence-corrected chi connectivity index (χ2v) is 7.87. The van der Waals surface area contributed by atoms with Gasteiger partial charge in [-0.25, -0.2) is 4.98 Å². The monoisotopic (exact) mass is 561 g/mol. The third kappa shape index (κ3) is 6.40. The number of fused-ring (bicyclic) bond motifs is 1. The van der Waals surface area contributed by atoms with Crippen molar-refractivity contribution in [2.75, 3.05) is 13.7 Å². The molecule has 176 valence electrons. The summed E-state index contributed by atoms with van der Waals surface area (Å²) in [7, 11) is 1.77. The highest BCUT2D eigenvalue weighted by Gasteiger charge is 2.22. The molecule has 8 heteroatoms. The molecular weight excluding hydrogens is 529 g/mol. The van der Waals surface area contributed by atoms with Crippen molar-refractivity contribution in [3.63, 3.8) is 0 Å². The topological polar surface area (TPSA) is 72.7 Å². The van der Waals surface area contributed by atoms with Crippen LogP contribution in [0.5, 0.6) is 11.5 Å². The van der Waals surface area contributed by atoms with E-state index in [0.717, 1.165) is 35.9 Å². The van der Waals surface area contributed by atoms with Gasteiger partial charge in [0.25, 0.3) is 0 Å². The number of hydrogen-bond donors (Lipinski definition) is 2. The van der Waals surface area contributed by atoms with E-state index >= 15 is 0 Å². The maximum atomic E-state index is 5.93. The Bertz CT molecular complexity index is 1070. The molecule has 33 heavy (non-hydrogen) atoms. The molecule has 1 atom stereocenters. The molecule has 2 heterocycles. The molecule has 2 aromatic carbocycles. The largest absolute Gasteiger partial charge is 0.494 e. The molecule has 1 unspecified atom stereocenters. The fourth-order valence-corrected chi connectivity index (χ4v) is 3.90. The van der Waals surface area contributed by atoms with Crippen molar-refractivity contribution < 1.29 is 9.47 Å². The van der Waals surface area contributed by atoms with Crippen LogP contribution in [0.2, 0.25) is 0 Å². The zero-order chi connectivity index (χ0) is 22.3. The van der Waals surface area contributed by atoms with Gasteiger partial charge in [-0.05, 0) is 31.5 Å². The van der Waals surface area contributed by atoms with Crippen molar-refractivity contribution in [2.45, 2.75) is 46.0 Å². The van der Waals surface area contributed by atoms with Crippen LogP contribution in [0, 0.1) is 0 Å². The summed E-state index contributed by atoms with van der Waals surface area (Å²) in [6.07, 6.45) is 4.95. The van der Waals surface area contributed by atoms with Gasteiger partial charge in [-0.1, -0.05) is 30.3 Å². The van der Waals surface area contributed by atoms with E-state index in [4.69, 9.17) is 9.47 Å². The number of guanidine groups is 1. The van der Waals surface area contributed by atoms with Gasteiger partial charge < -0.3 is 24.7 Å². The van der Waals surface area contributed by atoms with Gasteiger partial charge in [0.2, 0.25) is 0 Å². The lowest BCUT2D eigenvalue weighted by atomic mass is 10.1. The average molecular weight is 561 g/mol. The zero-order valence-corrected chi connectivity index (χ0v) is 21.7. The highest BCUT2D eigenvalue weighted by molar-refractivity contribution is 14.0. The van der Waals surface area contributed by atoms with E-state index in [0.29, 0.717) is 25.7 Å². The average Bonchev–Trinajstić information content (AvgIpc) is 3.39. The number of benzene rings is 2. The van der Waals surface area contributed by atoms with Gasteiger partial charge in [0, 0.05) is 50.1 Å². The molecule has 0 saturated carbocycles. The van der Waals surface area contributed by atoms with Gasteiger partial charge in [0.1, 0.15) is 23.4 Å².